The highest BCUT2D eigenvalue weighted by Crippen LogP contribution is 2.23. The van der Waals surface area contributed by atoms with Crippen LogP contribution in [0.1, 0.15) is 16.1 Å². The molecule has 0 saturated heterocycles. The Hall–Kier alpha value is -2.43. The standard InChI is InChI=1S/C14H15N3O2/c1-9-7-10(3-5-16-9)13(18)11-4-6-17(2)8-12(11)14(15)19/h3-8,11H,1-2H3,(H2,15,19). The Balaban J connectivity index is 2.35. The summed E-state index contributed by atoms with van der Waals surface area (Å²) in [6.07, 6.45) is 6.58. The fourth-order valence-corrected chi connectivity index (χ4v) is 1.99. The summed E-state index contributed by atoms with van der Waals surface area (Å²) in [5.74, 6) is -1.37. The van der Waals surface area contributed by atoms with E-state index in [1.165, 1.54) is 0 Å². The lowest BCUT2D eigenvalue weighted by Crippen LogP contribution is -2.29. The molecule has 1 aliphatic rings. The van der Waals surface area contributed by atoms with Crippen LogP contribution in [0.25, 0.3) is 0 Å². The molecule has 5 heteroatoms. The number of Topliss-reactive ketones (excluding diaryl/α,β-unsaturated/α-hetero) is 1. The van der Waals surface area contributed by atoms with Gasteiger partial charge in [0.25, 0.3) is 0 Å². The van der Waals surface area contributed by atoms with Crippen LogP contribution in [-0.4, -0.2) is 28.6 Å². The zero-order valence-corrected chi connectivity index (χ0v) is 10.8. The number of hydrogen-bond acceptors (Lipinski definition) is 4. The second kappa shape index (κ2) is 5.06. The molecule has 1 amide bonds. The Bertz CT molecular complexity index is 590. The summed E-state index contributed by atoms with van der Waals surface area (Å²) < 4.78 is 0. The van der Waals surface area contributed by atoms with Crippen LogP contribution in [0.3, 0.4) is 0 Å². The number of nitrogens with zero attached hydrogens (tertiary/aromatic N) is 2. The molecule has 5 nitrogen and oxygen atoms in total. The highest BCUT2D eigenvalue weighted by Gasteiger charge is 2.27. The maximum absolute atomic E-state index is 12.4. The van der Waals surface area contributed by atoms with Crippen LogP contribution in [0.15, 0.2) is 42.4 Å². The number of rotatable bonds is 3. The number of primary amides is 1. The summed E-state index contributed by atoms with van der Waals surface area (Å²) in [5.41, 5.74) is 6.91. The smallest absolute Gasteiger partial charge is 0.247 e. The van der Waals surface area contributed by atoms with E-state index in [1.807, 2.05) is 6.92 Å². The summed E-state index contributed by atoms with van der Waals surface area (Å²) in [4.78, 5) is 29.6. The fraction of sp³-hybridized carbons (Fsp3) is 0.214. The van der Waals surface area contributed by atoms with Crippen molar-refractivity contribution in [3.05, 3.63) is 53.6 Å². The van der Waals surface area contributed by atoms with Crippen LogP contribution in [-0.2, 0) is 4.79 Å². The molecule has 2 rings (SSSR count). The predicted molar refractivity (Wildman–Crippen MR) is 71.0 cm³/mol. The second-order valence-corrected chi connectivity index (χ2v) is 4.48. The lowest BCUT2D eigenvalue weighted by Gasteiger charge is -2.21. The van der Waals surface area contributed by atoms with Crippen molar-refractivity contribution in [3.63, 3.8) is 0 Å². The van der Waals surface area contributed by atoms with Crippen LogP contribution in [0.4, 0.5) is 0 Å². The quantitative estimate of drug-likeness (QED) is 0.820. The lowest BCUT2D eigenvalue weighted by molar-refractivity contribution is -0.115. The van der Waals surface area contributed by atoms with Gasteiger partial charge in [-0.05, 0) is 19.1 Å². The van der Waals surface area contributed by atoms with Crippen molar-refractivity contribution in [2.24, 2.45) is 11.7 Å². The van der Waals surface area contributed by atoms with E-state index in [1.54, 1.807) is 48.8 Å². The van der Waals surface area contributed by atoms with E-state index in [0.29, 0.717) is 11.1 Å². The van der Waals surface area contributed by atoms with Gasteiger partial charge in [-0.3, -0.25) is 14.6 Å². The number of nitrogens with two attached hydrogens (primary N) is 1. The number of pyridine rings is 1. The van der Waals surface area contributed by atoms with E-state index in [4.69, 9.17) is 5.73 Å². The van der Waals surface area contributed by atoms with Gasteiger partial charge >= 0.3 is 0 Å². The Morgan fingerprint density at radius 1 is 1.42 bits per heavy atom. The Morgan fingerprint density at radius 3 is 2.79 bits per heavy atom. The van der Waals surface area contributed by atoms with Gasteiger partial charge < -0.3 is 10.6 Å². The monoisotopic (exact) mass is 257 g/mol. The first-order valence-corrected chi connectivity index (χ1v) is 5.87. The number of ketones is 1. The van der Waals surface area contributed by atoms with Gasteiger partial charge in [-0.15, -0.1) is 0 Å². The van der Waals surface area contributed by atoms with E-state index in [2.05, 4.69) is 4.98 Å². The van der Waals surface area contributed by atoms with Gasteiger partial charge in [0.1, 0.15) is 0 Å². The van der Waals surface area contributed by atoms with Crippen molar-refractivity contribution < 1.29 is 9.59 Å². The van der Waals surface area contributed by atoms with Crippen LogP contribution in [0.2, 0.25) is 0 Å². The molecule has 19 heavy (non-hydrogen) atoms. The normalized spacial score (nSPS) is 18.1. The van der Waals surface area contributed by atoms with Gasteiger partial charge in [0.05, 0.1) is 5.92 Å². The van der Waals surface area contributed by atoms with E-state index >= 15 is 0 Å². The van der Waals surface area contributed by atoms with Crippen LogP contribution >= 0.6 is 0 Å². The van der Waals surface area contributed by atoms with Crippen LogP contribution in [0, 0.1) is 12.8 Å². The molecule has 0 fully saturated rings. The molecule has 1 atom stereocenters. The number of aromatic nitrogens is 1. The summed E-state index contributed by atoms with van der Waals surface area (Å²) in [7, 11) is 1.77. The first-order chi connectivity index (χ1) is 8.99. The molecule has 1 unspecified atom stereocenters. The summed E-state index contributed by atoms with van der Waals surface area (Å²) in [5, 5.41) is 0. The van der Waals surface area contributed by atoms with Crippen molar-refractivity contribution in [1.29, 1.82) is 0 Å². The van der Waals surface area contributed by atoms with Crippen molar-refractivity contribution in [2.45, 2.75) is 6.92 Å². The highest BCUT2D eigenvalue weighted by atomic mass is 16.1. The zero-order valence-electron chi connectivity index (χ0n) is 10.8. The Labute approximate surface area is 111 Å². The molecular weight excluding hydrogens is 242 g/mol. The molecule has 1 aromatic heterocycles. The second-order valence-electron chi connectivity index (χ2n) is 4.48. The number of allylic oxidation sites excluding steroid dienone is 1. The van der Waals surface area contributed by atoms with Crippen LogP contribution < -0.4 is 5.73 Å². The molecule has 2 heterocycles. The third-order valence-corrected chi connectivity index (χ3v) is 2.94. The molecule has 98 valence electrons. The van der Waals surface area contributed by atoms with Gasteiger partial charge in [0.15, 0.2) is 5.78 Å². The van der Waals surface area contributed by atoms with Crippen molar-refractivity contribution in [3.8, 4) is 0 Å². The molecule has 1 aromatic rings. The van der Waals surface area contributed by atoms with Gasteiger partial charge in [-0.25, -0.2) is 0 Å². The first kappa shape index (κ1) is 13.0. The van der Waals surface area contributed by atoms with Crippen molar-refractivity contribution >= 4 is 11.7 Å². The van der Waals surface area contributed by atoms with Crippen molar-refractivity contribution in [1.82, 2.24) is 9.88 Å². The minimum atomic E-state index is -0.629. The molecule has 0 saturated carbocycles. The lowest BCUT2D eigenvalue weighted by atomic mass is 9.89. The van der Waals surface area contributed by atoms with E-state index in [-0.39, 0.29) is 5.78 Å². The minimum absolute atomic E-state index is 0.153. The van der Waals surface area contributed by atoms with Gasteiger partial charge in [-0.1, -0.05) is 6.08 Å². The van der Waals surface area contributed by atoms with Gasteiger partial charge in [0.2, 0.25) is 5.91 Å². The summed E-state index contributed by atoms with van der Waals surface area (Å²) >= 11 is 0. The highest BCUT2D eigenvalue weighted by molar-refractivity contribution is 6.07. The van der Waals surface area contributed by atoms with Gasteiger partial charge in [-0.2, -0.15) is 0 Å². The minimum Gasteiger partial charge on any atom is -0.366 e. The molecule has 0 aromatic carbocycles. The molecular formula is C14H15N3O2. The number of aryl methyl sites for hydroxylation is 1. The number of hydrogen-bond donors (Lipinski definition) is 1. The third kappa shape index (κ3) is 2.70. The summed E-state index contributed by atoms with van der Waals surface area (Å²) in [6.45, 7) is 1.81. The molecule has 0 aliphatic carbocycles. The Kier molecular flexibility index (Phi) is 3.46. The zero-order chi connectivity index (χ0) is 14.0. The number of carbonyl (C=O) groups is 2. The fourth-order valence-electron chi connectivity index (χ4n) is 1.99. The molecule has 0 radical (unpaired) electrons. The van der Waals surface area contributed by atoms with E-state index < -0.39 is 11.8 Å². The average Bonchev–Trinajstić information content (AvgIpc) is 2.37. The number of carbonyl (C=O) groups excluding carboxylic acids is 2. The average molecular weight is 257 g/mol. The molecule has 0 spiro atoms. The van der Waals surface area contributed by atoms with Gasteiger partial charge in [0, 0.05) is 42.5 Å². The first-order valence-electron chi connectivity index (χ1n) is 5.87. The summed E-state index contributed by atoms with van der Waals surface area (Å²) in [6, 6.07) is 3.34. The molecule has 0 bridgehead atoms. The van der Waals surface area contributed by atoms with E-state index in [9.17, 15) is 9.59 Å². The topological polar surface area (TPSA) is 76.3 Å². The molecule has 1 aliphatic heterocycles. The van der Waals surface area contributed by atoms with Crippen molar-refractivity contribution in [2.75, 3.05) is 7.05 Å². The maximum Gasteiger partial charge on any atom is 0.247 e. The third-order valence-electron chi connectivity index (χ3n) is 2.94. The Morgan fingerprint density at radius 2 is 2.16 bits per heavy atom. The largest absolute Gasteiger partial charge is 0.366 e. The predicted octanol–water partition coefficient (Wildman–Crippen LogP) is 1.02. The van der Waals surface area contributed by atoms with E-state index in [0.717, 1.165) is 5.69 Å². The van der Waals surface area contributed by atoms with Crippen LogP contribution in [0.5, 0.6) is 0 Å². The molecule has 2 N–H and O–H groups in total. The number of amides is 1. The SMILES string of the molecule is Cc1cc(C(=O)C2C=CN(C)C=C2C(N)=O)ccn1. The maximum atomic E-state index is 12.4.